The lowest BCUT2D eigenvalue weighted by molar-refractivity contribution is -0.119. The molecule has 0 saturated heterocycles. The van der Waals surface area contributed by atoms with Crippen LogP contribution in [0.2, 0.25) is 0 Å². The van der Waals surface area contributed by atoms with E-state index in [9.17, 15) is 4.79 Å². The van der Waals surface area contributed by atoms with Crippen molar-refractivity contribution in [1.82, 2.24) is 20.1 Å². The van der Waals surface area contributed by atoms with E-state index in [2.05, 4.69) is 41.5 Å². The molecular weight excluding hydrogens is 360 g/mol. The van der Waals surface area contributed by atoms with E-state index in [0.29, 0.717) is 22.7 Å². The molecule has 1 N–H and O–H groups in total. The lowest BCUT2D eigenvalue weighted by Crippen LogP contribution is -2.31. The summed E-state index contributed by atoms with van der Waals surface area (Å²) in [5.41, 5.74) is 1.13. The summed E-state index contributed by atoms with van der Waals surface area (Å²) in [5.74, 6) is 2.05. The highest BCUT2D eigenvalue weighted by Gasteiger charge is 2.18. The zero-order valence-electron chi connectivity index (χ0n) is 15.8. The first kappa shape index (κ1) is 19.2. The molecule has 0 aliphatic heterocycles. The van der Waals surface area contributed by atoms with E-state index < -0.39 is 0 Å². The fourth-order valence-corrected chi connectivity index (χ4v) is 3.58. The Bertz CT molecular complexity index is 860. The maximum atomic E-state index is 12.5. The highest BCUT2D eigenvalue weighted by atomic mass is 32.2. The number of carbonyl (C=O) groups is 1. The molecule has 0 bridgehead atoms. The molecule has 3 rings (SSSR count). The molecule has 1 atom stereocenters. The summed E-state index contributed by atoms with van der Waals surface area (Å²) in [4.78, 5) is 12.5. The van der Waals surface area contributed by atoms with Gasteiger partial charge in [-0.25, -0.2) is 0 Å². The van der Waals surface area contributed by atoms with Crippen molar-refractivity contribution < 1.29 is 9.21 Å². The minimum atomic E-state index is -0.0166. The van der Waals surface area contributed by atoms with Crippen LogP contribution in [0.15, 0.2) is 58.3 Å². The van der Waals surface area contributed by atoms with Gasteiger partial charge >= 0.3 is 0 Å². The van der Waals surface area contributed by atoms with Gasteiger partial charge in [0.05, 0.1) is 18.1 Å². The molecular formula is C20H24N4O2S. The number of hydrogen-bond acceptors (Lipinski definition) is 5. The molecule has 0 aliphatic carbocycles. The van der Waals surface area contributed by atoms with Crippen LogP contribution in [0.25, 0.3) is 11.6 Å². The first-order chi connectivity index (χ1) is 13.0. The third kappa shape index (κ3) is 5.01. The third-order valence-electron chi connectivity index (χ3n) is 4.15. The topological polar surface area (TPSA) is 73.0 Å². The van der Waals surface area contributed by atoms with E-state index >= 15 is 0 Å². The van der Waals surface area contributed by atoms with Gasteiger partial charge in [-0.15, -0.1) is 10.2 Å². The van der Waals surface area contributed by atoms with Gasteiger partial charge in [0.15, 0.2) is 16.7 Å². The molecule has 3 aromatic rings. The van der Waals surface area contributed by atoms with Crippen LogP contribution < -0.4 is 5.32 Å². The highest BCUT2D eigenvalue weighted by Crippen LogP contribution is 2.24. The summed E-state index contributed by atoms with van der Waals surface area (Å²) in [7, 11) is 1.86. The third-order valence-corrected chi connectivity index (χ3v) is 5.17. The van der Waals surface area contributed by atoms with Gasteiger partial charge in [0.25, 0.3) is 0 Å². The lowest BCUT2D eigenvalue weighted by Gasteiger charge is -2.21. The Balaban J connectivity index is 1.61. The Hall–Kier alpha value is -2.54. The molecule has 0 spiro atoms. The summed E-state index contributed by atoms with van der Waals surface area (Å²) in [6.07, 6.45) is 2.50. The van der Waals surface area contributed by atoms with Gasteiger partial charge in [0, 0.05) is 7.05 Å². The van der Waals surface area contributed by atoms with Gasteiger partial charge in [-0.2, -0.15) is 0 Å². The predicted molar refractivity (Wildman–Crippen MR) is 106 cm³/mol. The zero-order valence-corrected chi connectivity index (χ0v) is 16.6. The van der Waals surface area contributed by atoms with Crippen molar-refractivity contribution >= 4 is 17.7 Å². The summed E-state index contributed by atoms with van der Waals surface area (Å²) < 4.78 is 7.20. The minimum Gasteiger partial charge on any atom is -0.461 e. The van der Waals surface area contributed by atoms with Crippen molar-refractivity contribution in [1.29, 1.82) is 0 Å². The Morgan fingerprint density at radius 2 is 1.96 bits per heavy atom. The normalized spacial score (nSPS) is 12.3. The maximum absolute atomic E-state index is 12.5. The van der Waals surface area contributed by atoms with Crippen LogP contribution in [-0.2, 0) is 11.8 Å². The number of benzene rings is 1. The van der Waals surface area contributed by atoms with Crippen LogP contribution in [0.5, 0.6) is 0 Å². The molecule has 0 fully saturated rings. The fourth-order valence-electron chi connectivity index (χ4n) is 2.86. The fraction of sp³-hybridized carbons (Fsp3) is 0.350. The van der Waals surface area contributed by atoms with Gasteiger partial charge in [0.1, 0.15) is 0 Å². The smallest absolute Gasteiger partial charge is 0.230 e. The molecule has 0 aliphatic rings. The Kier molecular flexibility index (Phi) is 6.34. The average Bonchev–Trinajstić information content (AvgIpc) is 3.29. The van der Waals surface area contributed by atoms with Crippen molar-refractivity contribution in [2.24, 2.45) is 13.0 Å². The van der Waals surface area contributed by atoms with E-state index in [4.69, 9.17) is 4.42 Å². The summed E-state index contributed by atoms with van der Waals surface area (Å²) in [6.45, 7) is 4.32. The number of carbonyl (C=O) groups excluding carboxylic acids is 1. The van der Waals surface area contributed by atoms with Gasteiger partial charge in [-0.05, 0) is 30.0 Å². The second kappa shape index (κ2) is 8.90. The molecule has 2 heterocycles. The molecule has 6 nitrogen and oxygen atoms in total. The number of aromatic nitrogens is 3. The molecule has 0 saturated carbocycles. The number of hydrogen-bond donors (Lipinski definition) is 1. The van der Waals surface area contributed by atoms with Crippen LogP contribution in [0.1, 0.15) is 31.9 Å². The number of nitrogens with one attached hydrogen (secondary N) is 1. The average molecular weight is 385 g/mol. The quantitative estimate of drug-likeness (QED) is 0.593. The van der Waals surface area contributed by atoms with E-state index in [1.165, 1.54) is 11.8 Å². The summed E-state index contributed by atoms with van der Waals surface area (Å²) in [6, 6.07) is 13.7. The lowest BCUT2D eigenvalue weighted by atomic mass is 9.97. The molecule has 0 radical (unpaired) electrons. The monoisotopic (exact) mass is 384 g/mol. The van der Waals surface area contributed by atoms with Crippen molar-refractivity contribution in [2.75, 3.05) is 5.75 Å². The first-order valence-electron chi connectivity index (χ1n) is 8.95. The predicted octanol–water partition coefficient (Wildman–Crippen LogP) is 4.07. The molecule has 7 heteroatoms. The zero-order chi connectivity index (χ0) is 19.2. The SMILES string of the molecule is CC(C)CC(NC(=O)CSc1nnc(-c2ccco2)n1C)c1ccccc1. The number of thioether (sulfide) groups is 1. The molecule has 1 aromatic carbocycles. The van der Waals surface area contributed by atoms with Crippen molar-refractivity contribution in [2.45, 2.75) is 31.5 Å². The van der Waals surface area contributed by atoms with Crippen LogP contribution in [0.4, 0.5) is 0 Å². The highest BCUT2D eigenvalue weighted by molar-refractivity contribution is 7.99. The minimum absolute atomic E-state index is 0.0116. The molecule has 27 heavy (non-hydrogen) atoms. The molecule has 2 aromatic heterocycles. The molecule has 1 amide bonds. The summed E-state index contributed by atoms with van der Waals surface area (Å²) in [5, 5.41) is 12.1. The van der Waals surface area contributed by atoms with Crippen LogP contribution >= 0.6 is 11.8 Å². The van der Waals surface area contributed by atoms with Gasteiger partial charge in [0.2, 0.25) is 5.91 Å². The molecule has 142 valence electrons. The standard InChI is InChI=1S/C20H24N4O2S/c1-14(2)12-16(15-8-5-4-6-9-15)21-18(25)13-27-20-23-22-19(24(20)3)17-10-7-11-26-17/h4-11,14,16H,12-13H2,1-3H3,(H,21,25). The summed E-state index contributed by atoms with van der Waals surface area (Å²) >= 11 is 1.36. The van der Waals surface area contributed by atoms with Crippen molar-refractivity contribution in [3.05, 3.63) is 54.3 Å². The van der Waals surface area contributed by atoms with E-state index in [0.717, 1.165) is 12.0 Å². The van der Waals surface area contributed by atoms with Crippen molar-refractivity contribution in [3.8, 4) is 11.6 Å². The van der Waals surface area contributed by atoms with Crippen LogP contribution in [0, 0.1) is 5.92 Å². The van der Waals surface area contributed by atoms with Gasteiger partial charge in [-0.3, -0.25) is 4.79 Å². The first-order valence-corrected chi connectivity index (χ1v) is 9.93. The second-order valence-corrected chi connectivity index (χ2v) is 7.73. The number of nitrogens with zero attached hydrogens (tertiary/aromatic N) is 3. The van der Waals surface area contributed by atoms with Crippen LogP contribution in [0.3, 0.4) is 0 Å². The van der Waals surface area contributed by atoms with E-state index in [-0.39, 0.29) is 17.7 Å². The van der Waals surface area contributed by atoms with Crippen molar-refractivity contribution in [3.63, 3.8) is 0 Å². The largest absolute Gasteiger partial charge is 0.461 e. The number of amides is 1. The van der Waals surface area contributed by atoms with Crippen LogP contribution in [-0.4, -0.2) is 26.4 Å². The van der Waals surface area contributed by atoms with Gasteiger partial charge in [-0.1, -0.05) is 55.9 Å². The second-order valence-electron chi connectivity index (χ2n) is 6.79. The van der Waals surface area contributed by atoms with Gasteiger partial charge < -0.3 is 14.3 Å². The number of rotatable bonds is 8. The molecule has 1 unspecified atom stereocenters. The van der Waals surface area contributed by atoms with E-state index in [1.807, 2.05) is 41.9 Å². The van der Waals surface area contributed by atoms with E-state index in [1.54, 1.807) is 6.26 Å². The Morgan fingerprint density at radius 3 is 2.63 bits per heavy atom. The maximum Gasteiger partial charge on any atom is 0.230 e. The Morgan fingerprint density at radius 1 is 1.19 bits per heavy atom. The number of furan rings is 1. The Labute approximate surface area is 163 Å².